The van der Waals surface area contributed by atoms with Gasteiger partial charge < -0.3 is 9.84 Å². The van der Waals surface area contributed by atoms with Gasteiger partial charge in [-0.3, -0.25) is 0 Å². The van der Waals surface area contributed by atoms with Crippen LogP contribution in [-0.4, -0.2) is 21.7 Å². The van der Waals surface area contributed by atoms with Crippen LogP contribution < -0.4 is 0 Å². The number of ether oxygens (including phenoxy) is 1. The van der Waals surface area contributed by atoms with Crippen molar-refractivity contribution >= 4 is 0 Å². The number of hydrogen-bond donors (Lipinski definition) is 1. The van der Waals surface area contributed by atoms with Crippen molar-refractivity contribution < 1.29 is 23.0 Å². The average Bonchev–Trinajstić information content (AvgIpc) is 3.20. The lowest BCUT2D eigenvalue weighted by atomic mass is 9.91. The Morgan fingerprint density at radius 1 is 1.25 bits per heavy atom. The predicted molar refractivity (Wildman–Crippen MR) is 60.9 cm³/mol. The minimum absolute atomic E-state index is 0.0137. The van der Waals surface area contributed by atoms with Crippen molar-refractivity contribution in [3.8, 4) is 0 Å². The van der Waals surface area contributed by atoms with Crippen LogP contribution in [0, 0.1) is 17.5 Å². The number of hydrogen-bond acceptors (Lipinski definition) is 4. The van der Waals surface area contributed by atoms with E-state index in [1.165, 1.54) is 6.07 Å². The predicted octanol–water partition coefficient (Wildman–Crippen LogP) is 1.85. The molecule has 0 radical (unpaired) electrons. The molecule has 1 aromatic heterocycles. The van der Waals surface area contributed by atoms with E-state index in [4.69, 9.17) is 4.74 Å². The molecule has 1 saturated heterocycles. The first-order valence-corrected chi connectivity index (χ1v) is 5.77. The topological polar surface area (TPSA) is 58.5 Å². The Labute approximate surface area is 111 Å². The van der Waals surface area contributed by atoms with Crippen LogP contribution in [-0.2, 0) is 10.3 Å². The lowest BCUT2D eigenvalue weighted by molar-refractivity contribution is 0.0638. The monoisotopic (exact) mass is 282 g/mol. The molecule has 4 nitrogen and oxygen atoms in total. The number of rotatable bonds is 3. The lowest BCUT2D eigenvalue weighted by Gasteiger charge is -2.19. The molecule has 2 heterocycles. The zero-order valence-electron chi connectivity index (χ0n) is 10.1. The molecule has 20 heavy (non-hydrogen) atoms. The molecule has 2 aromatic rings. The fraction of sp³-hybridized carbons (Fsp3) is 0.231. The van der Waals surface area contributed by atoms with E-state index in [-0.39, 0.29) is 17.9 Å². The van der Waals surface area contributed by atoms with Gasteiger partial charge in [-0.25, -0.2) is 23.1 Å². The first-order valence-electron chi connectivity index (χ1n) is 5.77. The van der Waals surface area contributed by atoms with E-state index in [0.29, 0.717) is 6.07 Å². The van der Waals surface area contributed by atoms with E-state index in [9.17, 15) is 18.3 Å². The maximum Gasteiger partial charge on any atom is 0.165 e. The number of aliphatic hydroxyl groups excluding tert-OH is 1. The van der Waals surface area contributed by atoms with Crippen LogP contribution in [0.2, 0.25) is 0 Å². The summed E-state index contributed by atoms with van der Waals surface area (Å²) in [7, 11) is 0. The second-order valence-electron chi connectivity index (χ2n) is 4.46. The Balaban J connectivity index is 2.02. The molecule has 1 aliphatic heterocycles. The Morgan fingerprint density at radius 2 is 2.00 bits per heavy atom. The summed E-state index contributed by atoms with van der Waals surface area (Å²) < 4.78 is 45.4. The van der Waals surface area contributed by atoms with E-state index < -0.39 is 29.2 Å². The van der Waals surface area contributed by atoms with Crippen molar-refractivity contribution in [2.45, 2.75) is 11.7 Å². The third-order valence-corrected chi connectivity index (χ3v) is 3.24. The summed E-state index contributed by atoms with van der Waals surface area (Å²) >= 11 is 0. The quantitative estimate of drug-likeness (QED) is 0.873. The van der Waals surface area contributed by atoms with E-state index in [0.717, 1.165) is 18.6 Å². The minimum Gasteiger partial charge on any atom is -0.383 e. The van der Waals surface area contributed by atoms with Gasteiger partial charge in [-0.15, -0.1) is 0 Å². The van der Waals surface area contributed by atoms with Gasteiger partial charge in [0.25, 0.3) is 0 Å². The van der Waals surface area contributed by atoms with Gasteiger partial charge in [0.05, 0.1) is 12.8 Å². The number of nitrogens with zero attached hydrogens (tertiary/aromatic N) is 2. The maximum atomic E-state index is 13.8. The lowest BCUT2D eigenvalue weighted by Crippen LogP contribution is -2.23. The number of benzene rings is 1. The van der Waals surface area contributed by atoms with Crippen molar-refractivity contribution in [2.75, 3.05) is 6.61 Å². The summed E-state index contributed by atoms with van der Waals surface area (Å²) in [6.45, 7) is -0.0137. The van der Waals surface area contributed by atoms with Gasteiger partial charge >= 0.3 is 0 Å². The largest absolute Gasteiger partial charge is 0.383 e. The van der Waals surface area contributed by atoms with Crippen molar-refractivity contribution in [3.63, 3.8) is 0 Å². The highest BCUT2D eigenvalue weighted by molar-refractivity contribution is 5.33. The van der Waals surface area contributed by atoms with E-state index in [1.807, 2.05) is 0 Å². The first-order chi connectivity index (χ1) is 9.54. The van der Waals surface area contributed by atoms with Crippen LogP contribution in [0.25, 0.3) is 0 Å². The number of aromatic nitrogens is 2. The number of halogens is 3. The smallest absolute Gasteiger partial charge is 0.165 e. The molecule has 1 N–H and O–H groups in total. The molecule has 2 atom stereocenters. The Bertz CT molecular complexity index is 662. The summed E-state index contributed by atoms with van der Waals surface area (Å²) in [5.41, 5.74) is -1.77. The summed E-state index contributed by atoms with van der Waals surface area (Å²) in [5, 5.41) is 10.2. The molecular formula is C13H9F3N2O2. The number of epoxide rings is 1. The zero-order chi connectivity index (χ0) is 14.3. The van der Waals surface area contributed by atoms with Crippen molar-refractivity contribution in [2.24, 2.45) is 0 Å². The van der Waals surface area contributed by atoms with Crippen molar-refractivity contribution in [1.82, 2.24) is 9.97 Å². The van der Waals surface area contributed by atoms with E-state index in [1.54, 1.807) is 0 Å². The van der Waals surface area contributed by atoms with E-state index >= 15 is 0 Å². The Morgan fingerprint density at radius 3 is 2.60 bits per heavy atom. The maximum absolute atomic E-state index is 13.8. The zero-order valence-corrected chi connectivity index (χ0v) is 10.1. The summed E-state index contributed by atoms with van der Waals surface area (Å²) in [6, 6.07) is 2.90. The number of aliphatic hydroxyl groups is 1. The third kappa shape index (κ3) is 1.95. The van der Waals surface area contributed by atoms with Gasteiger partial charge in [-0.2, -0.15) is 0 Å². The van der Waals surface area contributed by atoms with Gasteiger partial charge in [0.15, 0.2) is 11.4 Å². The third-order valence-electron chi connectivity index (χ3n) is 3.24. The summed E-state index contributed by atoms with van der Waals surface area (Å²) in [6.07, 6.45) is 0.451. The van der Waals surface area contributed by atoms with Crippen molar-refractivity contribution in [1.29, 1.82) is 0 Å². The standard InChI is InChI=1S/C13H9F3N2O2/c14-7-1-2-8(9(15)3-7)13(5-20-13)12(19)11-10(16)4-17-6-18-11/h1-4,6,12,19H,5H2/t12-,13+/m1/s1. The SMILES string of the molecule is O[C@H](c1ncncc1F)[C@@]1(c2ccc(F)cc2F)CO1. The molecule has 0 bridgehead atoms. The molecule has 0 amide bonds. The molecule has 1 fully saturated rings. The molecular weight excluding hydrogens is 273 g/mol. The van der Waals surface area contributed by atoms with Gasteiger partial charge in [0.1, 0.15) is 29.8 Å². The molecule has 104 valence electrons. The molecule has 0 unspecified atom stereocenters. The highest BCUT2D eigenvalue weighted by Crippen LogP contribution is 2.49. The van der Waals surface area contributed by atoms with Gasteiger partial charge in [0.2, 0.25) is 0 Å². The van der Waals surface area contributed by atoms with Crippen LogP contribution >= 0.6 is 0 Å². The Kier molecular flexibility index (Phi) is 2.95. The fourth-order valence-corrected chi connectivity index (χ4v) is 2.12. The Hall–Kier alpha value is -1.99. The highest BCUT2D eigenvalue weighted by Gasteiger charge is 2.56. The molecule has 1 aliphatic rings. The van der Waals surface area contributed by atoms with Crippen LogP contribution in [0.3, 0.4) is 0 Å². The second kappa shape index (κ2) is 4.53. The van der Waals surface area contributed by atoms with Gasteiger partial charge in [0, 0.05) is 11.6 Å². The summed E-state index contributed by atoms with van der Waals surface area (Å²) in [5.74, 6) is -2.43. The normalized spacial score (nSPS) is 22.6. The molecule has 7 heteroatoms. The second-order valence-corrected chi connectivity index (χ2v) is 4.46. The van der Waals surface area contributed by atoms with Crippen LogP contribution in [0.5, 0.6) is 0 Å². The van der Waals surface area contributed by atoms with Gasteiger partial charge in [-0.1, -0.05) is 6.07 Å². The average molecular weight is 282 g/mol. The van der Waals surface area contributed by atoms with Crippen LogP contribution in [0.15, 0.2) is 30.7 Å². The van der Waals surface area contributed by atoms with Crippen molar-refractivity contribution in [3.05, 3.63) is 59.4 Å². The summed E-state index contributed by atoms with van der Waals surface area (Å²) in [4.78, 5) is 7.11. The first kappa shape index (κ1) is 13.0. The van der Waals surface area contributed by atoms with Crippen LogP contribution in [0.4, 0.5) is 13.2 Å². The molecule has 0 spiro atoms. The van der Waals surface area contributed by atoms with Crippen LogP contribution in [0.1, 0.15) is 17.4 Å². The highest BCUT2D eigenvalue weighted by atomic mass is 19.1. The van der Waals surface area contributed by atoms with Gasteiger partial charge in [-0.05, 0) is 6.07 Å². The molecule has 1 aromatic carbocycles. The molecule has 3 rings (SSSR count). The fourth-order valence-electron chi connectivity index (χ4n) is 2.12. The molecule has 0 aliphatic carbocycles. The minimum atomic E-state index is -1.51. The molecule has 0 saturated carbocycles. The van der Waals surface area contributed by atoms with E-state index in [2.05, 4.69) is 9.97 Å².